The number of halogens is 1. The molecular formula is C15H15ClN2O3S. The van der Waals surface area contributed by atoms with E-state index >= 15 is 0 Å². The molecule has 2 aromatic rings. The molecule has 0 unspecified atom stereocenters. The molecule has 116 valence electrons. The molecule has 1 amide bonds. The standard InChI is InChI=1S/C15H15ClN2O3S/c1-21-15(20)12-5-4-10(7-13(12)16)17-9-14(19)18-8-11-3-2-6-22-11/h2-7,17H,8-9H2,1H3,(H,18,19). The highest BCUT2D eigenvalue weighted by Crippen LogP contribution is 2.21. The Balaban J connectivity index is 1.84. The quantitative estimate of drug-likeness (QED) is 0.795. The van der Waals surface area contributed by atoms with Crippen molar-refractivity contribution in [2.75, 3.05) is 19.0 Å². The number of esters is 1. The molecule has 0 fully saturated rings. The molecule has 2 N–H and O–H groups in total. The van der Waals surface area contributed by atoms with Crippen LogP contribution in [0, 0.1) is 0 Å². The average molecular weight is 339 g/mol. The fourth-order valence-corrected chi connectivity index (χ4v) is 2.65. The summed E-state index contributed by atoms with van der Waals surface area (Å²) in [5, 5.41) is 8.00. The third-order valence-corrected chi connectivity index (χ3v) is 4.06. The van der Waals surface area contributed by atoms with Crippen LogP contribution in [-0.4, -0.2) is 25.5 Å². The summed E-state index contributed by atoms with van der Waals surface area (Å²) in [7, 11) is 1.29. The number of hydrogen-bond donors (Lipinski definition) is 2. The average Bonchev–Trinajstić information content (AvgIpc) is 3.03. The highest BCUT2D eigenvalue weighted by atomic mass is 35.5. The van der Waals surface area contributed by atoms with E-state index in [0.717, 1.165) is 4.88 Å². The second-order valence-electron chi connectivity index (χ2n) is 4.40. The van der Waals surface area contributed by atoms with E-state index in [2.05, 4.69) is 15.4 Å². The SMILES string of the molecule is COC(=O)c1ccc(NCC(=O)NCc2cccs2)cc1Cl. The van der Waals surface area contributed by atoms with Crippen LogP contribution in [0.5, 0.6) is 0 Å². The Morgan fingerprint density at radius 2 is 2.14 bits per heavy atom. The summed E-state index contributed by atoms with van der Waals surface area (Å²) in [5.74, 6) is -0.619. The van der Waals surface area contributed by atoms with Crippen molar-refractivity contribution in [3.05, 3.63) is 51.2 Å². The summed E-state index contributed by atoms with van der Waals surface area (Å²) in [6.07, 6.45) is 0. The summed E-state index contributed by atoms with van der Waals surface area (Å²) in [6.45, 7) is 0.638. The number of ether oxygens (including phenoxy) is 1. The van der Waals surface area contributed by atoms with Gasteiger partial charge < -0.3 is 15.4 Å². The van der Waals surface area contributed by atoms with Crippen LogP contribution in [0.3, 0.4) is 0 Å². The van der Waals surface area contributed by atoms with E-state index in [9.17, 15) is 9.59 Å². The summed E-state index contributed by atoms with van der Waals surface area (Å²) in [6, 6.07) is 8.71. The van der Waals surface area contributed by atoms with Crippen molar-refractivity contribution in [2.24, 2.45) is 0 Å². The number of hydrogen-bond acceptors (Lipinski definition) is 5. The Morgan fingerprint density at radius 3 is 2.77 bits per heavy atom. The fourth-order valence-electron chi connectivity index (χ4n) is 1.74. The molecule has 0 spiro atoms. The maximum atomic E-state index is 11.7. The molecule has 0 saturated heterocycles. The lowest BCUT2D eigenvalue weighted by molar-refractivity contribution is -0.119. The van der Waals surface area contributed by atoms with Gasteiger partial charge in [-0.3, -0.25) is 4.79 Å². The highest BCUT2D eigenvalue weighted by Gasteiger charge is 2.11. The van der Waals surface area contributed by atoms with E-state index in [1.807, 2.05) is 17.5 Å². The number of amides is 1. The molecule has 1 heterocycles. The Hall–Kier alpha value is -2.05. The first kappa shape index (κ1) is 16.3. The number of thiophene rings is 1. The van der Waals surface area contributed by atoms with Crippen LogP contribution in [0.2, 0.25) is 5.02 Å². The topological polar surface area (TPSA) is 67.4 Å². The van der Waals surface area contributed by atoms with Gasteiger partial charge in [0, 0.05) is 10.6 Å². The zero-order chi connectivity index (χ0) is 15.9. The third-order valence-electron chi connectivity index (χ3n) is 2.87. The van der Waals surface area contributed by atoms with Crippen LogP contribution in [0.25, 0.3) is 0 Å². The predicted octanol–water partition coefficient (Wildman–Crippen LogP) is 2.92. The minimum absolute atomic E-state index is 0.124. The van der Waals surface area contributed by atoms with E-state index in [0.29, 0.717) is 12.2 Å². The molecule has 0 aliphatic carbocycles. The molecule has 22 heavy (non-hydrogen) atoms. The summed E-state index contributed by atoms with van der Waals surface area (Å²) in [5.41, 5.74) is 0.945. The van der Waals surface area contributed by atoms with E-state index in [1.54, 1.807) is 29.5 Å². The van der Waals surface area contributed by atoms with Crippen LogP contribution in [-0.2, 0) is 16.1 Å². The summed E-state index contributed by atoms with van der Waals surface area (Å²) < 4.78 is 4.62. The summed E-state index contributed by atoms with van der Waals surface area (Å²) in [4.78, 5) is 24.3. The van der Waals surface area contributed by atoms with Gasteiger partial charge in [0.25, 0.3) is 0 Å². The molecule has 0 atom stereocenters. The van der Waals surface area contributed by atoms with Gasteiger partial charge in [-0.15, -0.1) is 11.3 Å². The largest absolute Gasteiger partial charge is 0.465 e. The van der Waals surface area contributed by atoms with Gasteiger partial charge in [0.15, 0.2) is 0 Å². The van der Waals surface area contributed by atoms with Gasteiger partial charge in [-0.05, 0) is 29.6 Å². The molecule has 7 heteroatoms. The Kier molecular flexibility index (Phi) is 5.80. The van der Waals surface area contributed by atoms with Gasteiger partial charge in [-0.1, -0.05) is 17.7 Å². The van der Waals surface area contributed by atoms with Crippen molar-refractivity contribution in [1.82, 2.24) is 5.32 Å². The molecule has 0 aliphatic heterocycles. The smallest absolute Gasteiger partial charge is 0.339 e. The number of carbonyl (C=O) groups is 2. The molecule has 5 nitrogen and oxygen atoms in total. The Morgan fingerprint density at radius 1 is 1.32 bits per heavy atom. The van der Waals surface area contributed by atoms with E-state index in [4.69, 9.17) is 11.6 Å². The molecular weight excluding hydrogens is 324 g/mol. The number of benzene rings is 1. The first-order chi connectivity index (χ1) is 10.6. The van der Waals surface area contributed by atoms with Gasteiger partial charge in [-0.25, -0.2) is 4.79 Å². The predicted molar refractivity (Wildman–Crippen MR) is 87.4 cm³/mol. The van der Waals surface area contributed by atoms with Crippen LogP contribution < -0.4 is 10.6 Å². The van der Waals surface area contributed by atoms with Crippen LogP contribution >= 0.6 is 22.9 Å². The van der Waals surface area contributed by atoms with Crippen molar-refractivity contribution in [1.29, 1.82) is 0 Å². The third kappa shape index (κ3) is 4.47. The van der Waals surface area contributed by atoms with Gasteiger partial charge >= 0.3 is 5.97 Å². The van der Waals surface area contributed by atoms with Gasteiger partial charge in [0.1, 0.15) is 0 Å². The lowest BCUT2D eigenvalue weighted by Crippen LogP contribution is -2.29. The van der Waals surface area contributed by atoms with Crippen molar-refractivity contribution >= 4 is 40.5 Å². The minimum atomic E-state index is -0.495. The number of methoxy groups -OCH3 is 1. The monoisotopic (exact) mass is 338 g/mol. The van der Waals surface area contributed by atoms with Gasteiger partial charge in [0.05, 0.1) is 30.8 Å². The van der Waals surface area contributed by atoms with E-state index in [-0.39, 0.29) is 23.0 Å². The van der Waals surface area contributed by atoms with Crippen LogP contribution in [0.4, 0.5) is 5.69 Å². The van der Waals surface area contributed by atoms with Crippen LogP contribution in [0.15, 0.2) is 35.7 Å². The van der Waals surface area contributed by atoms with Gasteiger partial charge in [0.2, 0.25) is 5.91 Å². The molecule has 0 bridgehead atoms. The number of carbonyl (C=O) groups excluding carboxylic acids is 2. The maximum absolute atomic E-state index is 11.7. The lowest BCUT2D eigenvalue weighted by atomic mass is 10.2. The van der Waals surface area contributed by atoms with E-state index < -0.39 is 5.97 Å². The van der Waals surface area contributed by atoms with Crippen molar-refractivity contribution in [3.8, 4) is 0 Å². The number of rotatable bonds is 6. The highest BCUT2D eigenvalue weighted by molar-refractivity contribution is 7.09. The first-order valence-electron chi connectivity index (χ1n) is 6.51. The summed E-state index contributed by atoms with van der Waals surface area (Å²) >= 11 is 7.60. The van der Waals surface area contributed by atoms with E-state index in [1.165, 1.54) is 7.11 Å². The molecule has 1 aromatic carbocycles. The van der Waals surface area contributed by atoms with Crippen LogP contribution in [0.1, 0.15) is 15.2 Å². The van der Waals surface area contributed by atoms with Crippen molar-refractivity contribution in [3.63, 3.8) is 0 Å². The Labute approximate surface area is 137 Å². The van der Waals surface area contributed by atoms with Crippen molar-refractivity contribution in [2.45, 2.75) is 6.54 Å². The maximum Gasteiger partial charge on any atom is 0.339 e. The first-order valence-corrected chi connectivity index (χ1v) is 7.76. The zero-order valence-electron chi connectivity index (χ0n) is 11.9. The van der Waals surface area contributed by atoms with Gasteiger partial charge in [-0.2, -0.15) is 0 Å². The normalized spacial score (nSPS) is 10.1. The molecule has 2 rings (SSSR count). The molecule has 0 saturated carbocycles. The minimum Gasteiger partial charge on any atom is -0.465 e. The Bertz CT molecular complexity index is 659. The second kappa shape index (κ2) is 7.82. The number of anilines is 1. The lowest BCUT2D eigenvalue weighted by Gasteiger charge is -2.09. The molecule has 1 aromatic heterocycles. The van der Waals surface area contributed by atoms with Crippen molar-refractivity contribution < 1.29 is 14.3 Å². The molecule has 0 aliphatic rings. The number of nitrogens with one attached hydrogen (secondary N) is 2. The fraction of sp³-hybridized carbons (Fsp3) is 0.200. The zero-order valence-corrected chi connectivity index (χ0v) is 13.5. The molecule has 0 radical (unpaired) electrons. The second-order valence-corrected chi connectivity index (χ2v) is 5.84.